The minimum atomic E-state index is -3.67. The van der Waals surface area contributed by atoms with E-state index in [9.17, 15) is 8.42 Å². The summed E-state index contributed by atoms with van der Waals surface area (Å²) < 4.78 is 23.0. The first-order valence-corrected chi connectivity index (χ1v) is 8.10. The number of sulfonamides is 1. The molecule has 2 aromatic heterocycles. The fraction of sp³-hybridized carbons (Fsp3) is 0.182. The van der Waals surface area contributed by atoms with Gasteiger partial charge in [0.2, 0.25) is 10.0 Å². The standard InChI is InChI=1S/C11H12ClN3O2S2/c1-15(7-8-2-4-10(12)18-8)11-5-3-9(6-14-11)19(13,16)17/h2-6H,7H2,1H3,(H2,13,16,17)/p+1. The zero-order valence-corrected chi connectivity index (χ0v) is 12.5. The van der Waals surface area contributed by atoms with E-state index in [2.05, 4.69) is 4.98 Å². The Labute approximate surface area is 120 Å². The largest absolute Gasteiger partial charge is 0.274 e. The number of primary sulfonamides is 1. The molecule has 5 nitrogen and oxygen atoms in total. The van der Waals surface area contributed by atoms with E-state index >= 15 is 0 Å². The van der Waals surface area contributed by atoms with Crippen LogP contribution < -0.4 is 15.0 Å². The molecule has 2 rings (SSSR count). The van der Waals surface area contributed by atoms with E-state index in [0.717, 1.165) is 15.0 Å². The fourth-order valence-corrected chi connectivity index (χ4v) is 3.19. The van der Waals surface area contributed by atoms with Gasteiger partial charge in [-0.2, -0.15) is 0 Å². The van der Waals surface area contributed by atoms with Gasteiger partial charge in [-0.15, -0.1) is 11.3 Å². The van der Waals surface area contributed by atoms with Crippen molar-refractivity contribution in [2.45, 2.75) is 11.4 Å². The maximum absolute atomic E-state index is 11.1. The molecule has 19 heavy (non-hydrogen) atoms. The van der Waals surface area contributed by atoms with Crippen LogP contribution in [0.5, 0.6) is 0 Å². The highest BCUT2D eigenvalue weighted by molar-refractivity contribution is 7.89. The number of nitrogens with zero attached hydrogens (tertiary/aromatic N) is 1. The zero-order chi connectivity index (χ0) is 14.0. The van der Waals surface area contributed by atoms with Crippen molar-refractivity contribution in [2.24, 2.45) is 5.14 Å². The summed E-state index contributed by atoms with van der Waals surface area (Å²) in [5.74, 6) is 0.789. The molecular weight excluding hydrogens is 306 g/mol. The van der Waals surface area contributed by atoms with Gasteiger partial charge in [0.1, 0.15) is 17.6 Å². The van der Waals surface area contributed by atoms with Crippen molar-refractivity contribution in [2.75, 3.05) is 11.9 Å². The third kappa shape index (κ3) is 3.66. The van der Waals surface area contributed by atoms with Crippen LogP contribution in [0.4, 0.5) is 5.82 Å². The molecule has 0 bridgehead atoms. The SMILES string of the molecule is CN(Cc1ccc(Cl)s1)c1ccc(S(N)(=O)=O)c[nH+]1. The summed E-state index contributed by atoms with van der Waals surface area (Å²) in [6, 6.07) is 6.96. The number of aromatic nitrogens is 1. The second-order valence-corrected chi connectivity index (χ2v) is 7.38. The van der Waals surface area contributed by atoms with Crippen LogP contribution in [0.3, 0.4) is 0 Å². The van der Waals surface area contributed by atoms with Crippen molar-refractivity contribution >= 4 is 38.8 Å². The molecule has 0 saturated heterocycles. The van der Waals surface area contributed by atoms with Gasteiger partial charge >= 0.3 is 0 Å². The predicted octanol–water partition coefficient (Wildman–Crippen LogP) is 1.50. The first-order chi connectivity index (χ1) is 8.86. The van der Waals surface area contributed by atoms with Crippen LogP contribution in [-0.4, -0.2) is 15.5 Å². The van der Waals surface area contributed by atoms with E-state index in [1.807, 2.05) is 24.1 Å². The average Bonchev–Trinajstić information content (AvgIpc) is 2.74. The number of halogens is 1. The zero-order valence-electron chi connectivity index (χ0n) is 10.1. The van der Waals surface area contributed by atoms with Crippen molar-refractivity contribution in [3.05, 3.63) is 39.7 Å². The van der Waals surface area contributed by atoms with Gasteiger partial charge in [-0.25, -0.2) is 18.5 Å². The summed E-state index contributed by atoms with van der Waals surface area (Å²) >= 11 is 7.38. The summed E-state index contributed by atoms with van der Waals surface area (Å²) in [7, 11) is -1.77. The molecule has 0 aliphatic heterocycles. The Hall–Kier alpha value is -1.15. The Morgan fingerprint density at radius 3 is 2.58 bits per heavy atom. The third-order valence-corrected chi connectivity index (χ3v) is 4.66. The topological polar surface area (TPSA) is 77.5 Å². The van der Waals surface area contributed by atoms with Crippen LogP contribution in [0.25, 0.3) is 0 Å². The molecule has 2 aromatic rings. The Kier molecular flexibility index (Phi) is 4.10. The number of aromatic amines is 1. The van der Waals surface area contributed by atoms with Crippen molar-refractivity contribution < 1.29 is 13.4 Å². The van der Waals surface area contributed by atoms with E-state index in [1.165, 1.54) is 23.6 Å². The highest BCUT2D eigenvalue weighted by Gasteiger charge is 2.15. The van der Waals surface area contributed by atoms with Crippen LogP contribution in [0.1, 0.15) is 4.88 Å². The van der Waals surface area contributed by atoms with Crippen LogP contribution in [0.15, 0.2) is 35.4 Å². The van der Waals surface area contributed by atoms with E-state index in [0.29, 0.717) is 6.54 Å². The molecule has 0 spiro atoms. The van der Waals surface area contributed by atoms with Crippen molar-refractivity contribution in [3.63, 3.8) is 0 Å². The number of anilines is 1. The average molecular weight is 319 g/mol. The highest BCUT2D eigenvalue weighted by Crippen LogP contribution is 2.23. The van der Waals surface area contributed by atoms with Crippen molar-refractivity contribution in [1.82, 2.24) is 0 Å². The lowest BCUT2D eigenvalue weighted by molar-refractivity contribution is -0.367. The fourth-order valence-electron chi connectivity index (χ4n) is 1.57. The molecule has 0 atom stereocenters. The summed E-state index contributed by atoms with van der Waals surface area (Å²) in [5.41, 5.74) is 0. The lowest BCUT2D eigenvalue weighted by Gasteiger charge is -2.09. The molecule has 0 aliphatic carbocycles. The molecule has 2 heterocycles. The van der Waals surface area contributed by atoms with Crippen molar-refractivity contribution in [1.29, 1.82) is 0 Å². The van der Waals surface area contributed by atoms with Gasteiger partial charge in [0.05, 0.1) is 11.4 Å². The second-order valence-electron chi connectivity index (χ2n) is 4.02. The number of rotatable bonds is 4. The van der Waals surface area contributed by atoms with Crippen molar-refractivity contribution in [3.8, 4) is 0 Å². The molecule has 0 fully saturated rings. The molecule has 0 unspecified atom stereocenters. The first-order valence-electron chi connectivity index (χ1n) is 5.36. The Morgan fingerprint density at radius 1 is 1.37 bits per heavy atom. The lowest BCUT2D eigenvalue weighted by Crippen LogP contribution is -2.25. The van der Waals surface area contributed by atoms with E-state index in [-0.39, 0.29) is 4.90 Å². The molecule has 0 aliphatic rings. The van der Waals surface area contributed by atoms with Crippen LogP contribution in [0, 0.1) is 0 Å². The number of thiophene rings is 1. The van der Waals surface area contributed by atoms with Gasteiger partial charge < -0.3 is 0 Å². The van der Waals surface area contributed by atoms with Gasteiger partial charge in [-0.1, -0.05) is 11.6 Å². The number of hydrogen-bond acceptors (Lipinski definition) is 4. The lowest BCUT2D eigenvalue weighted by atomic mass is 10.4. The maximum atomic E-state index is 11.1. The number of hydrogen-bond donors (Lipinski definition) is 1. The third-order valence-electron chi connectivity index (χ3n) is 2.53. The number of pyridine rings is 1. The smallest absolute Gasteiger partial charge is 0.259 e. The maximum Gasteiger partial charge on any atom is 0.274 e. The number of H-pyrrole nitrogens is 1. The summed E-state index contributed by atoms with van der Waals surface area (Å²) in [5, 5.41) is 5.03. The van der Waals surface area contributed by atoms with Gasteiger partial charge in [0.25, 0.3) is 5.82 Å². The molecular formula is C11H13ClN3O2S2+. The van der Waals surface area contributed by atoms with Gasteiger partial charge in [0.15, 0.2) is 0 Å². The summed E-state index contributed by atoms with van der Waals surface area (Å²) in [6.07, 6.45) is 1.38. The number of nitrogens with one attached hydrogen (secondary N) is 1. The highest BCUT2D eigenvalue weighted by atomic mass is 35.5. The van der Waals surface area contributed by atoms with Gasteiger partial charge in [-0.05, 0) is 18.2 Å². The molecule has 0 radical (unpaired) electrons. The predicted molar refractivity (Wildman–Crippen MR) is 75.8 cm³/mol. The first kappa shape index (κ1) is 14.3. The Balaban J connectivity index is 2.14. The molecule has 8 heteroatoms. The van der Waals surface area contributed by atoms with Crippen LogP contribution in [0.2, 0.25) is 4.34 Å². The molecule has 0 saturated carbocycles. The molecule has 0 aromatic carbocycles. The Bertz CT molecular complexity index is 668. The van der Waals surface area contributed by atoms with Crippen LogP contribution >= 0.6 is 22.9 Å². The number of nitrogens with two attached hydrogens (primary N) is 1. The normalized spacial score (nSPS) is 11.5. The molecule has 102 valence electrons. The monoisotopic (exact) mass is 318 g/mol. The minimum Gasteiger partial charge on any atom is -0.259 e. The van der Waals surface area contributed by atoms with Crippen LogP contribution in [-0.2, 0) is 16.6 Å². The van der Waals surface area contributed by atoms with Gasteiger partial charge in [-0.3, -0.25) is 4.90 Å². The molecule has 3 N–H and O–H groups in total. The minimum absolute atomic E-state index is 0.0591. The Morgan fingerprint density at radius 2 is 2.11 bits per heavy atom. The summed E-state index contributed by atoms with van der Waals surface area (Å²) in [6.45, 7) is 0.683. The summed E-state index contributed by atoms with van der Waals surface area (Å²) in [4.78, 5) is 6.04. The molecule has 0 amide bonds. The van der Waals surface area contributed by atoms with E-state index < -0.39 is 10.0 Å². The quantitative estimate of drug-likeness (QED) is 0.928. The van der Waals surface area contributed by atoms with E-state index in [4.69, 9.17) is 16.7 Å². The van der Waals surface area contributed by atoms with Gasteiger partial charge in [0, 0.05) is 10.9 Å². The van der Waals surface area contributed by atoms with E-state index in [1.54, 1.807) is 6.07 Å². The second kappa shape index (κ2) is 5.46.